The van der Waals surface area contributed by atoms with E-state index < -0.39 is 142 Å². The Morgan fingerprint density at radius 3 is 1.32 bits per heavy atom. The summed E-state index contributed by atoms with van der Waals surface area (Å²) in [5.41, 5.74) is -12.2. The van der Waals surface area contributed by atoms with Crippen molar-refractivity contribution in [2.75, 3.05) is 6.61 Å². The van der Waals surface area contributed by atoms with Gasteiger partial charge in [-0.15, -0.1) is 0 Å². The number of aromatic nitrogens is 6. The third kappa shape index (κ3) is 21.7. The number of rotatable bonds is 13. The van der Waals surface area contributed by atoms with Crippen molar-refractivity contribution in [2.45, 2.75) is 137 Å². The molecule has 0 saturated carbocycles. The summed E-state index contributed by atoms with van der Waals surface area (Å²) in [6.45, 7) is 23.5. The quantitative estimate of drug-likeness (QED) is 0.0438. The molecular weight excluding hydrogens is 1390 g/mol. The number of epoxide rings is 1. The Bertz CT molecular complexity index is 4520. The number of fused-ring (bicyclic) bond motifs is 3. The van der Waals surface area contributed by atoms with Crippen LogP contribution in [0.4, 0.5) is 96.1 Å². The number of carbonyl (C=O) groups excluding carboxylic acids is 3. The molecule has 0 amide bonds. The van der Waals surface area contributed by atoms with Crippen LogP contribution in [-0.4, -0.2) is 80.7 Å². The van der Waals surface area contributed by atoms with Crippen molar-refractivity contribution in [2.24, 2.45) is 0 Å². The minimum absolute atomic E-state index is 0. The van der Waals surface area contributed by atoms with Crippen molar-refractivity contribution in [1.29, 1.82) is 0 Å². The minimum atomic E-state index is -4.80. The number of carbonyl (C=O) groups is 3. The van der Waals surface area contributed by atoms with Gasteiger partial charge in [-0.05, 0) is 73.9 Å². The van der Waals surface area contributed by atoms with Crippen LogP contribution in [0.2, 0.25) is 0 Å². The van der Waals surface area contributed by atoms with E-state index in [1.807, 2.05) is 0 Å². The number of nitrogens with one attached hydrogen (secondary N) is 1. The molecule has 0 bridgehead atoms. The van der Waals surface area contributed by atoms with Gasteiger partial charge in [0.15, 0.2) is 34.4 Å². The summed E-state index contributed by atoms with van der Waals surface area (Å²) in [5.74, 6) is -1.98. The third-order valence-corrected chi connectivity index (χ3v) is 14.5. The fourth-order valence-electron chi connectivity index (χ4n) is 9.34. The minimum Gasteiger partial charge on any atom is -1.00 e. The Hall–Kier alpha value is -9.17. The molecule has 3 atom stereocenters. The standard InChI is InChI=1S/2C21H15F6N3O2.C13H10F3NO2.C8H5F3N2.4CH4.Na.H/c1-19(32,11-30-17-5-3-4-14(20(22,23)24)13(17)10-29-30)18(31)9-12-6-7-16(28-2)15(8-12)21(25,26)27;1-19(32,11-30-10-13-14(20(22,23)24)4-3-5-16(13)29-30)18(31)9-12-6-7-17(28-2)15(8-12)21(25,26)27;1-12(7-19-12)11(18)6-8-3-4-10(17-2)9(5-8)13(14,15)16;9-8(10,11)6-2-1-3-7-5(6)4-12-13-7;;;;;;/h2*3-8,10,32H,9,11H2,1H3;3-5H,6-7H2,1H3;1-4H,(H,12,13);4*1H4;;/q;;;;;;;;+1;-1/t2*19-;12-;;;;;;;/m000......./s1. The van der Waals surface area contributed by atoms with E-state index in [0.717, 1.165) is 84.1 Å². The zero-order valence-corrected chi connectivity index (χ0v) is 52.3. The predicted octanol–water partition coefficient (Wildman–Crippen LogP) is 15.8. The summed E-state index contributed by atoms with van der Waals surface area (Å²) in [5, 5.41) is 34.7. The maximum Gasteiger partial charge on any atom is 1.00 e. The first-order valence-electron chi connectivity index (χ1n) is 27.3. The molecule has 0 aliphatic carbocycles. The van der Waals surface area contributed by atoms with Crippen LogP contribution >= 0.6 is 0 Å². The molecule has 0 spiro atoms. The number of hydrogen-bond acceptors (Lipinski definition) is 9. The topological polar surface area (TPSA) is 182 Å². The number of ether oxygens (including phenoxy) is 1. The molecule has 0 radical (unpaired) electrons. The SMILES string of the molecule is C.C.C.C.FC(F)(F)c1cccc2[nH]ncc12.[C-]#[N+]c1ccc(CC(=O)[C@@](C)(O)Cn2cc3c(C(F)(F)F)cccc3n2)cc1C(F)(F)F.[C-]#[N+]c1ccc(CC(=O)[C@@](C)(O)Cn2ncc3c(C(F)(F)F)cccc32)cc1C(F)(F)F.[C-]#[N+]c1ccc(CC(=O)[C@]2(C)CO2)cc1C(F)(F)F.[H-].[Na+]. The summed E-state index contributed by atoms with van der Waals surface area (Å²) in [6.07, 6.45) is -25.9. The van der Waals surface area contributed by atoms with Crippen LogP contribution in [0.15, 0.2) is 128 Å². The number of alkyl halides is 18. The molecule has 1 aliphatic heterocycles. The first-order chi connectivity index (χ1) is 44.3. The first kappa shape index (κ1) is 87.9. The van der Waals surface area contributed by atoms with Gasteiger partial charge < -0.3 is 16.4 Å². The van der Waals surface area contributed by atoms with Crippen molar-refractivity contribution in [1.82, 2.24) is 29.8 Å². The second-order valence-corrected chi connectivity index (χ2v) is 22.0. The summed E-state index contributed by atoms with van der Waals surface area (Å²) in [7, 11) is 0. The number of Topliss-reactive ketones (excluding diaryl/α,β-unsaturated/α-hetero) is 3. The maximum atomic E-state index is 13.2. The number of aromatic amines is 1. The molecular formula is C67H62F18N9NaO6. The number of benzene rings is 6. The summed E-state index contributed by atoms with van der Waals surface area (Å²) < 4.78 is 240. The van der Waals surface area contributed by atoms with Crippen molar-refractivity contribution >= 4 is 67.1 Å². The fourth-order valence-corrected chi connectivity index (χ4v) is 9.34. The second kappa shape index (κ2) is 33.1. The van der Waals surface area contributed by atoms with Crippen molar-refractivity contribution in [3.8, 4) is 0 Å². The molecule has 3 aromatic heterocycles. The average Bonchev–Trinajstić information content (AvgIpc) is 1.62. The van der Waals surface area contributed by atoms with E-state index in [9.17, 15) is 104 Å². The number of nitrogens with zero attached hydrogens (tertiary/aromatic N) is 8. The van der Waals surface area contributed by atoms with Crippen LogP contribution in [0.1, 0.15) is 102 Å². The molecule has 538 valence electrons. The molecule has 15 nitrogen and oxygen atoms in total. The molecule has 1 saturated heterocycles. The molecule has 0 unspecified atom stereocenters. The van der Waals surface area contributed by atoms with Gasteiger partial charge in [0, 0.05) is 41.6 Å². The van der Waals surface area contributed by atoms with Crippen molar-refractivity contribution in [3.63, 3.8) is 0 Å². The van der Waals surface area contributed by atoms with Gasteiger partial charge in [0.05, 0.1) is 102 Å². The Morgan fingerprint density at radius 1 is 0.535 bits per heavy atom. The van der Waals surface area contributed by atoms with E-state index in [4.69, 9.17) is 24.5 Å². The van der Waals surface area contributed by atoms with Gasteiger partial charge in [-0.1, -0.05) is 103 Å². The van der Waals surface area contributed by atoms with Gasteiger partial charge in [0.25, 0.3) is 0 Å². The maximum absolute atomic E-state index is 13.2. The number of ketones is 3. The Labute approximate surface area is 588 Å². The molecule has 1 aliphatic rings. The molecule has 101 heavy (non-hydrogen) atoms. The van der Waals surface area contributed by atoms with Gasteiger partial charge in [0.1, 0.15) is 16.8 Å². The van der Waals surface area contributed by atoms with E-state index in [1.54, 1.807) is 13.0 Å². The molecule has 10 rings (SSSR count). The molecule has 4 heterocycles. The summed E-state index contributed by atoms with van der Waals surface area (Å²) in [4.78, 5) is 45.4. The third-order valence-electron chi connectivity index (χ3n) is 14.5. The van der Waals surface area contributed by atoms with Crippen LogP contribution in [0.5, 0.6) is 0 Å². The predicted molar refractivity (Wildman–Crippen MR) is 333 cm³/mol. The van der Waals surface area contributed by atoms with Gasteiger partial charge >= 0.3 is 66.6 Å². The number of hydrogen-bond donors (Lipinski definition) is 3. The van der Waals surface area contributed by atoms with Gasteiger partial charge in [-0.2, -0.15) is 94.3 Å². The van der Waals surface area contributed by atoms with E-state index in [0.29, 0.717) is 24.3 Å². The molecule has 1 fully saturated rings. The van der Waals surface area contributed by atoms with Crippen LogP contribution in [0, 0.1) is 19.7 Å². The zero-order chi connectivity index (χ0) is 71.5. The average molecular weight is 1450 g/mol. The second-order valence-electron chi connectivity index (χ2n) is 22.0. The molecule has 6 aromatic carbocycles. The van der Waals surface area contributed by atoms with Crippen LogP contribution in [0.25, 0.3) is 47.2 Å². The van der Waals surface area contributed by atoms with E-state index >= 15 is 0 Å². The number of halogens is 18. The van der Waals surface area contributed by atoms with Crippen molar-refractivity contribution in [3.05, 3.63) is 212 Å². The molecule has 34 heteroatoms. The Balaban J connectivity index is 0.000000699. The zero-order valence-electron chi connectivity index (χ0n) is 51.3. The van der Waals surface area contributed by atoms with Crippen LogP contribution < -0.4 is 29.6 Å². The van der Waals surface area contributed by atoms with Crippen LogP contribution in [0.3, 0.4) is 0 Å². The Morgan fingerprint density at radius 2 is 0.911 bits per heavy atom. The number of aliphatic hydroxyl groups is 2. The normalized spacial score (nSPS) is 14.7. The van der Waals surface area contributed by atoms with Gasteiger partial charge in [0.2, 0.25) is 0 Å². The van der Waals surface area contributed by atoms with E-state index in [1.165, 1.54) is 48.7 Å². The monoisotopic (exact) mass is 1450 g/mol. The summed E-state index contributed by atoms with van der Waals surface area (Å²) >= 11 is 0. The van der Waals surface area contributed by atoms with E-state index in [2.05, 4.69) is 34.9 Å². The first-order valence-corrected chi connectivity index (χ1v) is 27.3. The molecule has 9 aromatic rings. The van der Waals surface area contributed by atoms with Gasteiger partial charge in [-0.3, -0.25) is 28.8 Å². The Kier molecular flexibility index (Phi) is 28.8. The summed E-state index contributed by atoms with van der Waals surface area (Å²) in [6, 6.07) is 19.6. The van der Waals surface area contributed by atoms with Crippen LogP contribution in [-0.2, 0) is 88.5 Å². The van der Waals surface area contributed by atoms with E-state index in [-0.39, 0.29) is 117 Å². The van der Waals surface area contributed by atoms with Gasteiger partial charge in [-0.25, -0.2) is 14.5 Å². The largest absolute Gasteiger partial charge is 1.00 e. The fraction of sp³-hybridized carbons (Fsp3) is 0.328. The molecule has 3 N–H and O–H groups in total. The van der Waals surface area contributed by atoms with Crippen molar-refractivity contribution < 1.29 is 139 Å². The number of H-pyrrole nitrogens is 1. The smallest absolute Gasteiger partial charge is 1.00 e.